The first-order chi connectivity index (χ1) is 33.7. The number of anilines is 5. The molecule has 340 valence electrons. The van der Waals surface area contributed by atoms with Crippen molar-refractivity contribution in [2.45, 2.75) is 71.6 Å². The lowest BCUT2D eigenvalue weighted by atomic mass is 9.58. The third-order valence-corrected chi connectivity index (χ3v) is 15.5. The predicted molar refractivity (Wildman–Crippen MR) is 299 cm³/mol. The van der Waals surface area contributed by atoms with Crippen LogP contribution in [0.15, 0.2) is 186 Å². The third-order valence-electron chi connectivity index (χ3n) is 15.5. The molecule has 13 rings (SSSR count). The lowest BCUT2D eigenvalue weighted by Gasteiger charge is -2.29. The van der Waals surface area contributed by atoms with Crippen molar-refractivity contribution in [1.29, 1.82) is 0 Å². The van der Waals surface area contributed by atoms with Crippen molar-refractivity contribution in [2.24, 2.45) is 0 Å². The largest absolute Gasteiger partial charge is 0.455 e. The zero-order valence-corrected chi connectivity index (χ0v) is 41.3. The van der Waals surface area contributed by atoms with E-state index in [0.29, 0.717) is 0 Å². The third kappa shape index (κ3) is 6.37. The molecule has 0 radical (unpaired) electrons. The summed E-state index contributed by atoms with van der Waals surface area (Å²) in [6.45, 7) is 18.6. The van der Waals surface area contributed by atoms with Crippen LogP contribution in [0.5, 0.6) is 0 Å². The standard InChI is InChI=1S/C65H56BN3O/c1-63(2,3)39-27-30-41(31-28-39)67-53-38-47-45-23-15-17-25-50(45)65(7,8)51(47)37-48(53)59-60-61-57(58-46-24-16-18-26-56(46)70-62(58)59)49-35-40(64(4,5)6)29-34-54(49)69(61)55-36-44(32-33-52(55)66-60)68(42-19-11-9-12-20-42)43-21-13-10-14-22-43/h9-38,66-67H,1-8H3. The topological polar surface area (TPSA) is 33.3 Å². The molecule has 1 N–H and O–H groups in total. The summed E-state index contributed by atoms with van der Waals surface area (Å²) in [4.78, 5) is 2.38. The van der Waals surface area contributed by atoms with Crippen LogP contribution >= 0.6 is 0 Å². The second kappa shape index (κ2) is 15.1. The van der Waals surface area contributed by atoms with Crippen molar-refractivity contribution in [3.8, 4) is 27.9 Å². The van der Waals surface area contributed by atoms with E-state index in [9.17, 15) is 0 Å². The molecule has 5 heteroatoms. The smallest absolute Gasteiger partial charge is 0.198 e. The number of furan rings is 1. The molecule has 70 heavy (non-hydrogen) atoms. The molecule has 0 saturated carbocycles. The summed E-state index contributed by atoms with van der Waals surface area (Å²) in [6.07, 6.45) is 0. The molecule has 0 amide bonds. The maximum atomic E-state index is 7.35. The van der Waals surface area contributed by atoms with Gasteiger partial charge in [0, 0.05) is 72.2 Å². The first kappa shape index (κ1) is 42.4. The Morgan fingerprint density at radius 2 is 1.20 bits per heavy atom. The molecule has 0 spiro atoms. The van der Waals surface area contributed by atoms with Crippen LogP contribution in [-0.2, 0) is 16.2 Å². The fourth-order valence-corrected chi connectivity index (χ4v) is 11.8. The maximum Gasteiger partial charge on any atom is 0.198 e. The summed E-state index contributed by atoms with van der Waals surface area (Å²) < 4.78 is 9.95. The average Bonchev–Trinajstić information content (AvgIpc) is 3.98. The Morgan fingerprint density at radius 3 is 1.91 bits per heavy atom. The van der Waals surface area contributed by atoms with E-state index < -0.39 is 0 Å². The zero-order chi connectivity index (χ0) is 47.8. The molecule has 2 aromatic heterocycles. The Bertz CT molecular complexity index is 3880. The molecule has 0 fully saturated rings. The Morgan fingerprint density at radius 1 is 0.543 bits per heavy atom. The van der Waals surface area contributed by atoms with Crippen LogP contribution in [0, 0.1) is 0 Å². The first-order valence-electron chi connectivity index (χ1n) is 24.9. The number of hydrogen-bond acceptors (Lipinski definition) is 3. The maximum absolute atomic E-state index is 7.35. The summed E-state index contributed by atoms with van der Waals surface area (Å²) in [5, 5.41) is 8.83. The number of fused-ring (bicyclic) bond motifs is 12. The van der Waals surface area contributed by atoms with Gasteiger partial charge < -0.3 is 19.2 Å². The normalized spacial score (nSPS) is 13.7. The van der Waals surface area contributed by atoms with E-state index in [0.717, 1.165) is 68.8 Å². The molecule has 0 atom stereocenters. The van der Waals surface area contributed by atoms with E-state index >= 15 is 0 Å². The molecule has 0 bridgehead atoms. The number of nitrogens with one attached hydrogen (secondary N) is 1. The van der Waals surface area contributed by atoms with Gasteiger partial charge in [0.1, 0.15) is 11.2 Å². The van der Waals surface area contributed by atoms with Crippen LogP contribution in [0.2, 0.25) is 0 Å². The Hall–Kier alpha value is -7.76. The highest BCUT2D eigenvalue weighted by Gasteiger charge is 2.38. The molecule has 1 aliphatic heterocycles. The van der Waals surface area contributed by atoms with Crippen LogP contribution < -0.4 is 21.1 Å². The van der Waals surface area contributed by atoms with Crippen LogP contribution in [0.25, 0.3) is 71.7 Å². The Balaban J connectivity index is 1.16. The van der Waals surface area contributed by atoms with E-state index in [-0.39, 0.29) is 16.2 Å². The summed E-state index contributed by atoms with van der Waals surface area (Å²) in [6, 6.07) is 67.4. The molecule has 11 aromatic rings. The van der Waals surface area contributed by atoms with Crippen molar-refractivity contribution in [3.05, 3.63) is 204 Å². The van der Waals surface area contributed by atoms with Crippen molar-refractivity contribution in [3.63, 3.8) is 0 Å². The van der Waals surface area contributed by atoms with Crippen molar-refractivity contribution >= 4 is 90.4 Å². The molecular weight excluding hydrogens is 850 g/mol. The van der Waals surface area contributed by atoms with E-state index in [1.54, 1.807) is 0 Å². The van der Waals surface area contributed by atoms with Crippen LogP contribution in [0.4, 0.5) is 28.4 Å². The molecular formula is C65H56BN3O. The highest BCUT2D eigenvalue weighted by molar-refractivity contribution is 6.74. The highest BCUT2D eigenvalue weighted by Crippen LogP contribution is 2.54. The van der Waals surface area contributed by atoms with Crippen LogP contribution in [-0.4, -0.2) is 11.8 Å². The molecule has 1 aliphatic carbocycles. The van der Waals surface area contributed by atoms with Crippen LogP contribution in [0.1, 0.15) is 77.6 Å². The molecule has 3 heterocycles. The molecule has 4 nitrogen and oxygen atoms in total. The van der Waals surface area contributed by atoms with E-state index in [1.165, 1.54) is 71.8 Å². The fourth-order valence-electron chi connectivity index (χ4n) is 11.8. The SMILES string of the molecule is CC(C)(C)c1ccc(Nc2cc3c(cc2-c2c4c5c(c6cc(C(C)(C)C)ccc6n5-c5cc(N(c6ccccc6)c6ccccc6)ccc5B4)c4c2oc2ccccc24)C(C)(C)c2ccccc2-3)cc1. The summed E-state index contributed by atoms with van der Waals surface area (Å²) in [7, 11) is 0.730. The Kier molecular flexibility index (Phi) is 9.15. The summed E-state index contributed by atoms with van der Waals surface area (Å²) in [5.74, 6) is 0. The minimum atomic E-state index is -0.216. The summed E-state index contributed by atoms with van der Waals surface area (Å²) >= 11 is 0. The van der Waals surface area contributed by atoms with E-state index in [1.807, 2.05) is 0 Å². The second-order valence-electron chi connectivity index (χ2n) is 22.3. The van der Waals surface area contributed by atoms with Gasteiger partial charge in [-0.25, -0.2) is 0 Å². The molecule has 0 unspecified atom stereocenters. The number of rotatable bonds is 6. The molecule has 2 aliphatic rings. The van der Waals surface area contributed by atoms with Gasteiger partial charge in [-0.1, -0.05) is 164 Å². The number of para-hydroxylation sites is 3. The van der Waals surface area contributed by atoms with Gasteiger partial charge in [0.05, 0.1) is 11.0 Å². The minimum Gasteiger partial charge on any atom is -0.455 e. The first-order valence-corrected chi connectivity index (χ1v) is 24.9. The van der Waals surface area contributed by atoms with Gasteiger partial charge in [-0.2, -0.15) is 0 Å². The minimum absolute atomic E-state index is 0.0437. The van der Waals surface area contributed by atoms with Crippen molar-refractivity contribution in [1.82, 2.24) is 4.57 Å². The second-order valence-corrected chi connectivity index (χ2v) is 22.3. The van der Waals surface area contributed by atoms with Gasteiger partial charge in [0.2, 0.25) is 0 Å². The lowest BCUT2D eigenvalue weighted by molar-refractivity contribution is 0.590. The monoisotopic (exact) mass is 905 g/mol. The highest BCUT2D eigenvalue weighted by atomic mass is 16.3. The fraction of sp³-hybridized carbons (Fsp3) is 0.169. The number of nitrogens with zero attached hydrogens (tertiary/aromatic N) is 2. The predicted octanol–water partition coefficient (Wildman–Crippen LogP) is 16.2. The van der Waals surface area contributed by atoms with Crippen molar-refractivity contribution in [2.75, 3.05) is 10.2 Å². The van der Waals surface area contributed by atoms with Gasteiger partial charge in [-0.05, 0) is 129 Å². The number of benzene rings is 9. The lowest BCUT2D eigenvalue weighted by Crippen LogP contribution is -2.37. The van der Waals surface area contributed by atoms with Gasteiger partial charge in [-0.15, -0.1) is 0 Å². The van der Waals surface area contributed by atoms with Crippen LogP contribution in [0.3, 0.4) is 0 Å². The molecule has 9 aromatic carbocycles. The number of aromatic nitrogens is 1. The van der Waals surface area contributed by atoms with Gasteiger partial charge in [-0.3, -0.25) is 0 Å². The van der Waals surface area contributed by atoms with Gasteiger partial charge >= 0.3 is 0 Å². The quantitative estimate of drug-likeness (QED) is 0.169. The zero-order valence-electron chi connectivity index (χ0n) is 41.3. The summed E-state index contributed by atoms with van der Waals surface area (Å²) in [5.41, 5.74) is 23.4. The number of hydrogen-bond donors (Lipinski definition) is 1. The van der Waals surface area contributed by atoms with E-state index in [2.05, 4.69) is 252 Å². The average molecular weight is 906 g/mol. The van der Waals surface area contributed by atoms with Crippen molar-refractivity contribution < 1.29 is 4.42 Å². The van der Waals surface area contributed by atoms with E-state index in [4.69, 9.17) is 4.42 Å². The van der Waals surface area contributed by atoms with Gasteiger partial charge in [0.25, 0.3) is 0 Å². The Labute approximate surface area is 411 Å². The molecule has 0 saturated heterocycles. The van der Waals surface area contributed by atoms with Gasteiger partial charge in [0.15, 0.2) is 7.28 Å².